The van der Waals surface area contributed by atoms with E-state index in [4.69, 9.17) is 17.0 Å². The molecule has 0 fully saturated rings. The van der Waals surface area contributed by atoms with Crippen molar-refractivity contribution in [2.75, 3.05) is 6.61 Å². The lowest BCUT2D eigenvalue weighted by molar-refractivity contribution is 0.309. The van der Waals surface area contributed by atoms with Gasteiger partial charge in [0.2, 0.25) is 0 Å². The number of aryl methyl sites for hydroxylation is 1. The highest BCUT2D eigenvalue weighted by molar-refractivity contribution is 7.71. The van der Waals surface area contributed by atoms with Crippen molar-refractivity contribution in [2.45, 2.75) is 33.1 Å². The van der Waals surface area contributed by atoms with Gasteiger partial charge in [0.05, 0.1) is 6.61 Å². The lowest BCUT2D eigenvalue weighted by Crippen LogP contribution is -2.16. The zero-order chi connectivity index (χ0) is 15.2. The molecule has 2 rings (SSSR count). The predicted molar refractivity (Wildman–Crippen MR) is 86.6 cm³/mol. The van der Waals surface area contributed by atoms with E-state index in [1.54, 1.807) is 0 Å². The minimum absolute atomic E-state index is 0.131. The van der Waals surface area contributed by atoms with Crippen LogP contribution in [0.4, 0.5) is 0 Å². The maximum absolute atomic E-state index is 12.0. The van der Waals surface area contributed by atoms with Gasteiger partial charge >= 0.3 is 0 Å². The second-order valence-corrected chi connectivity index (χ2v) is 5.45. The second kappa shape index (κ2) is 7.22. The highest BCUT2D eigenvalue weighted by atomic mass is 32.1. The Bertz CT molecular complexity index is 719. The maximum atomic E-state index is 12.0. The second-order valence-electron chi connectivity index (χ2n) is 5.04. The zero-order valence-electron chi connectivity index (χ0n) is 12.4. The van der Waals surface area contributed by atoms with Crippen LogP contribution in [0.25, 0.3) is 0 Å². The largest absolute Gasteiger partial charge is 0.494 e. The van der Waals surface area contributed by atoms with Gasteiger partial charge in [0, 0.05) is 17.7 Å². The van der Waals surface area contributed by atoms with Gasteiger partial charge in [0.1, 0.15) is 5.75 Å². The van der Waals surface area contributed by atoms with Gasteiger partial charge in [0.15, 0.2) is 4.77 Å². The van der Waals surface area contributed by atoms with Crippen LogP contribution in [0, 0.1) is 11.7 Å². The lowest BCUT2D eigenvalue weighted by Gasteiger charge is -2.08. The molecule has 0 aliphatic rings. The number of ether oxygens (including phenoxy) is 1. The van der Waals surface area contributed by atoms with Crippen molar-refractivity contribution in [3.8, 4) is 5.75 Å². The smallest absolute Gasteiger partial charge is 0.255 e. The predicted octanol–water partition coefficient (Wildman–Crippen LogP) is 3.51. The molecule has 1 aromatic heterocycles. The Morgan fingerprint density at radius 2 is 2.10 bits per heavy atom. The van der Waals surface area contributed by atoms with Crippen LogP contribution in [-0.2, 0) is 6.42 Å². The molecule has 0 aliphatic carbocycles. The van der Waals surface area contributed by atoms with E-state index in [1.165, 1.54) is 0 Å². The zero-order valence-corrected chi connectivity index (χ0v) is 13.2. The van der Waals surface area contributed by atoms with Crippen molar-refractivity contribution < 1.29 is 4.74 Å². The standard InChI is InChI=1S/C16H20N2O2S/c1-3-4-8-20-13-7-5-6-12(9-13)10-14-11(2)17-16(21)18-15(14)19/h5-7,9H,3-4,8,10H2,1-2H3,(H2,17,18,19,21). The van der Waals surface area contributed by atoms with E-state index in [1.807, 2.05) is 31.2 Å². The van der Waals surface area contributed by atoms with E-state index >= 15 is 0 Å². The highest BCUT2D eigenvalue weighted by Gasteiger charge is 2.07. The van der Waals surface area contributed by atoms with Crippen LogP contribution >= 0.6 is 12.2 Å². The Hall–Kier alpha value is -1.88. The molecule has 1 heterocycles. The summed E-state index contributed by atoms with van der Waals surface area (Å²) in [4.78, 5) is 17.6. The van der Waals surface area contributed by atoms with E-state index in [-0.39, 0.29) is 5.56 Å². The van der Waals surface area contributed by atoms with Gasteiger partial charge in [-0.2, -0.15) is 0 Å². The molecule has 0 saturated carbocycles. The fourth-order valence-corrected chi connectivity index (χ4v) is 2.37. The Kier molecular flexibility index (Phi) is 5.33. The molecule has 0 unspecified atom stereocenters. The molecule has 1 aromatic carbocycles. The van der Waals surface area contributed by atoms with Crippen molar-refractivity contribution in [1.82, 2.24) is 9.97 Å². The summed E-state index contributed by atoms with van der Waals surface area (Å²) >= 11 is 4.96. The summed E-state index contributed by atoms with van der Waals surface area (Å²) in [5.74, 6) is 0.846. The van der Waals surface area contributed by atoms with Crippen LogP contribution in [0.5, 0.6) is 5.75 Å². The summed E-state index contributed by atoms with van der Waals surface area (Å²) in [7, 11) is 0. The number of nitrogens with one attached hydrogen (secondary N) is 2. The van der Waals surface area contributed by atoms with E-state index in [2.05, 4.69) is 16.9 Å². The van der Waals surface area contributed by atoms with Crippen molar-refractivity contribution in [3.63, 3.8) is 0 Å². The summed E-state index contributed by atoms with van der Waals surface area (Å²) in [6, 6.07) is 7.86. The van der Waals surface area contributed by atoms with Crippen LogP contribution in [-0.4, -0.2) is 16.6 Å². The Labute approximate surface area is 129 Å². The first-order valence-electron chi connectivity index (χ1n) is 7.14. The Balaban J connectivity index is 2.18. The van der Waals surface area contributed by atoms with E-state index in [0.717, 1.165) is 36.5 Å². The molecule has 2 N–H and O–H groups in total. The summed E-state index contributed by atoms with van der Waals surface area (Å²) in [6.07, 6.45) is 2.70. The van der Waals surface area contributed by atoms with Gasteiger partial charge in [-0.3, -0.25) is 9.78 Å². The number of rotatable bonds is 6. The first-order valence-corrected chi connectivity index (χ1v) is 7.54. The molecule has 0 aliphatic heterocycles. The van der Waals surface area contributed by atoms with Crippen LogP contribution in [0.3, 0.4) is 0 Å². The van der Waals surface area contributed by atoms with Crippen LogP contribution < -0.4 is 10.3 Å². The number of unbranched alkanes of at least 4 members (excludes halogenated alkanes) is 1. The molecule has 0 amide bonds. The molecule has 21 heavy (non-hydrogen) atoms. The van der Waals surface area contributed by atoms with E-state index in [9.17, 15) is 4.79 Å². The molecule has 4 nitrogen and oxygen atoms in total. The third-order valence-corrected chi connectivity index (χ3v) is 3.50. The third kappa shape index (κ3) is 4.29. The number of aromatic nitrogens is 2. The number of aromatic amines is 2. The quantitative estimate of drug-likeness (QED) is 0.634. The van der Waals surface area contributed by atoms with Crippen LogP contribution in [0.2, 0.25) is 0 Å². The van der Waals surface area contributed by atoms with Crippen molar-refractivity contribution in [2.24, 2.45) is 0 Å². The van der Waals surface area contributed by atoms with Gasteiger partial charge in [-0.25, -0.2) is 0 Å². The molecule has 0 bridgehead atoms. The molecular weight excluding hydrogens is 284 g/mol. The topological polar surface area (TPSA) is 57.9 Å². The summed E-state index contributed by atoms with van der Waals surface area (Å²) in [5.41, 5.74) is 2.42. The van der Waals surface area contributed by atoms with Crippen molar-refractivity contribution >= 4 is 12.2 Å². The van der Waals surface area contributed by atoms with E-state index < -0.39 is 0 Å². The lowest BCUT2D eigenvalue weighted by atomic mass is 10.0. The van der Waals surface area contributed by atoms with Crippen LogP contribution in [0.15, 0.2) is 29.1 Å². The van der Waals surface area contributed by atoms with Crippen LogP contribution in [0.1, 0.15) is 36.6 Å². The van der Waals surface area contributed by atoms with Gasteiger partial charge in [0.25, 0.3) is 5.56 Å². The average Bonchev–Trinajstić information content (AvgIpc) is 2.44. The van der Waals surface area contributed by atoms with Gasteiger partial charge in [-0.15, -0.1) is 0 Å². The minimum Gasteiger partial charge on any atom is -0.494 e. The van der Waals surface area contributed by atoms with Gasteiger partial charge in [-0.1, -0.05) is 25.5 Å². The van der Waals surface area contributed by atoms with Crippen molar-refractivity contribution in [3.05, 3.63) is 56.2 Å². The number of hydrogen-bond acceptors (Lipinski definition) is 3. The number of hydrogen-bond donors (Lipinski definition) is 2. The first-order chi connectivity index (χ1) is 10.1. The fraction of sp³-hybridized carbons (Fsp3) is 0.375. The molecule has 5 heteroatoms. The molecule has 0 atom stereocenters. The first kappa shape index (κ1) is 15.5. The Morgan fingerprint density at radius 3 is 2.81 bits per heavy atom. The SMILES string of the molecule is CCCCOc1cccc(Cc2c(C)[nH]c(=S)[nH]c2=O)c1. The summed E-state index contributed by atoms with van der Waals surface area (Å²) in [6.45, 7) is 4.72. The minimum atomic E-state index is -0.131. The average molecular weight is 304 g/mol. The number of H-pyrrole nitrogens is 2. The monoisotopic (exact) mass is 304 g/mol. The third-order valence-electron chi connectivity index (χ3n) is 3.30. The fourth-order valence-electron chi connectivity index (χ4n) is 2.12. The molecule has 112 valence electrons. The molecule has 0 saturated heterocycles. The molecule has 2 aromatic rings. The van der Waals surface area contributed by atoms with Gasteiger partial charge in [-0.05, 0) is 43.3 Å². The highest BCUT2D eigenvalue weighted by Crippen LogP contribution is 2.16. The summed E-state index contributed by atoms with van der Waals surface area (Å²) in [5, 5.41) is 0. The normalized spacial score (nSPS) is 10.6. The Morgan fingerprint density at radius 1 is 1.29 bits per heavy atom. The maximum Gasteiger partial charge on any atom is 0.255 e. The van der Waals surface area contributed by atoms with E-state index in [0.29, 0.717) is 16.8 Å². The van der Waals surface area contributed by atoms with Gasteiger partial charge < -0.3 is 9.72 Å². The molecule has 0 radical (unpaired) electrons. The van der Waals surface area contributed by atoms with Crippen molar-refractivity contribution in [1.29, 1.82) is 0 Å². The molecule has 0 spiro atoms. The molecular formula is C16H20N2O2S. The number of benzene rings is 1. The summed E-state index contributed by atoms with van der Waals surface area (Å²) < 4.78 is 6.05.